The van der Waals surface area contributed by atoms with Gasteiger partial charge in [-0.05, 0) is 23.6 Å². The summed E-state index contributed by atoms with van der Waals surface area (Å²) in [7, 11) is 0. The van der Waals surface area contributed by atoms with Crippen LogP contribution in [0.25, 0.3) is 0 Å². The van der Waals surface area contributed by atoms with Gasteiger partial charge >= 0.3 is 0 Å². The molecule has 0 amide bonds. The van der Waals surface area contributed by atoms with E-state index in [4.69, 9.17) is 11.6 Å². The molecule has 1 aromatic carbocycles. The Morgan fingerprint density at radius 2 is 1.67 bits per heavy atom. The van der Waals surface area contributed by atoms with Crippen LogP contribution in [0, 0.1) is 5.92 Å². The normalized spacial score (nSPS) is 13.4. The quantitative estimate of drug-likeness (QED) is 0.669. The van der Waals surface area contributed by atoms with E-state index in [0.717, 1.165) is 5.56 Å². The van der Waals surface area contributed by atoms with Crippen molar-refractivity contribution in [2.24, 2.45) is 5.92 Å². The largest absolute Gasteiger partial charge is 0.228 e. The molecule has 0 N–H and O–H groups in total. The van der Waals surface area contributed by atoms with Gasteiger partial charge in [0.05, 0.1) is 0 Å². The molecule has 0 aliphatic rings. The van der Waals surface area contributed by atoms with Crippen LogP contribution in [0.5, 0.6) is 0 Å². The predicted octanol–water partition coefficient (Wildman–Crippen LogP) is 3.47. The molecule has 0 bridgehead atoms. The summed E-state index contributed by atoms with van der Waals surface area (Å²) >= 11 is 5.69. The Balaban J connectivity index is 2.82. The molecule has 1 atom stereocenters. The van der Waals surface area contributed by atoms with Crippen LogP contribution in [0.15, 0.2) is 24.3 Å². The van der Waals surface area contributed by atoms with Gasteiger partial charge in [0.15, 0.2) is 0 Å². The van der Waals surface area contributed by atoms with Crippen LogP contribution < -0.4 is 0 Å². The van der Waals surface area contributed by atoms with Gasteiger partial charge in [-0.25, -0.2) is 5.11 Å². The maximum atomic E-state index is 11.5. The highest BCUT2D eigenvalue weighted by molar-refractivity contribution is 6.30. The lowest BCUT2D eigenvalue weighted by atomic mass is 9.99. The van der Waals surface area contributed by atoms with Crippen molar-refractivity contribution < 1.29 is 5.11 Å². The maximum Gasteiger partial charge on any atom is 0.120 e. The molecule has 0 aromatic heterocycles. The zero-order chi connectivity index (χ0) is 9.14. The Hall–Kier alpha value is -0.530. The first-order valence-electron chi connectivity index (χ1n) is 4.02. The first-order chi connectivity index (χ1) is 5.61. The molecule has 12 heavy (non-hydrogen) atoms. The van der Waals surface area contributed by atoms with E-state index in [9.17, 15) is 5.11 Å². The van der Waals surface area contributed by atoms with Crippen molar-refractivity contribution in [3.63, 3.8) is 0 Å². The molecule has 65 valence electrons. The third-order valence-electron chi connectivity index (χ3n) is 1.80. The fraction of sp³-hybridized carbons (Fsp3) is 0.400. The van der Waals surface area contributed by atoms with E-state index in [-0.39, 0.29) is 5.92 Å². The average Bonchev–Trinajstić information content (AvgIpc) is 2.04. The monoisotopic (exact) mass is 183 g/mol. The fourth-order valence-corrected chi connectivity index (χ4v) is 1.16. The average molecular weight is 184 g/mol. The Bertz CT molecular complexity index is 241. The first kappa shape index (κ1) is 9.56. The van der Waals surface area contributed by atoms with Crippen molar-refractivity contribution in [3.05, 3.63) is 34.9 Å². The van der Waals surface area contributed by atoms with Gasteiger partial charge in [-0.2, -0.15) is 0 Å². The number of rotatable bonds is 2. The van der Waals surface area contributed by atoms with Gasteiger partial charge in [0, 0.05) is 5.02 Å². The van der Waals surface area contributed by atoms with E-state index >= 15 is 0 Å². The number of hydrogen-bond acceptors (Lipinski definition) is 0. The summed E-state index contributed by atoms with van der Waals surface area (Å²) in [6.45, 7) is 3.85. The lowest BCUT2D eigenvalue weighted by Crippen LogP contribution is -2.03. The Morgan fingerprint density at radius 1 is 1.17 bits per heavy atom. The summed E-state index contributed by atoms with van der Waals surface area (Å²) in [5.74, 6) is 0.131. The zero-order valence-corrected chi connectivity index (χ0v) is 8.01. The van der Waals surface area contributed by atoms with Gasteiger partial charge in [0.2, 0.25) is 0 Å². The third-order valence-corrected chi connectivity index (χ3v) is 2.06. The Morgan fingerprint density at radius 3 is 2.08 bits per heavy atom. The second kappa shape index (κ2) is 3.92. The van der Waals surface area contributed by atoms with Gasteiger partial charge in [0.25, 0.3) is 0 Å². The van der Waals surface area contributed by atoms with E-state index in [2.05, 4.69) is 0 Å². The SMILES string of the molecule is CC(C)C([O])c1ccc(Cl)cc1. The van der Waals surface area contributed by atoms with Crippen molar-refractivity contribution in [1.29, 1.82) is 0 Å². The zero-order valence-electron chi connectivity index (χ0n) is 7.25. The topological polar surface area (TPSA) is 19.9 Å². The molecule has 1 nitrogen and oxygen atoms in total. The van der Waals surface area contributed by atoms with Crippen molar-refractivity contribution in [2.45, 2.75) is 20.0 Å². The van der Waals surface area contributed by atoms with Crippen LogP contribution >= 0.6 is 11.6 Å². The maximum absolute atomic E-state index is 11.5. The van der Waals surface area contributed by atoms with Crippen LogP contribution in [0.2, 0.25) is 5.02 Å². The lowest BCUT2D eigenvalue weighted by molar-refractivity contribution is 0.0488. The number of hydrogen-bond donors (Lipinski definition) is 0. The van der Waals surface area contributed by atoms with Crippen LogP contribution in [0.3, 0.4) is 0 Å². The van der Waals surface area contributed by atoms with Crippen LogP contribution in [-0.4, -0.2) is 0 Å². The van der Waals surface area contributed by atoms with E-state index in [0.29, 0.717) is 5.02 Å². The minimum Gasteiger partial charge on any atom is -0.228 e. The molecular weight excluding hydrogens is 172 g/mol. The summed E-state index contributed by atoms with van der Waals surface area (Å²) < 4.78 is 0. The van der Waals surface area contributed by atoms with E-state index in [1.807, 2.05) is 13.8 Å². The summed E-state index contributed by atoms with van der Waals surface area (Å²) in [4.78, 5) is 0. The summed E-state index contributed by atoms with van der Waals surface area (Å²) in [6, 6.07) is 7.09. The molecule has 0 heterocycles. The molecule has 0 saturated heterocycles. The molecule has 1 unspecified atom stereocenters. The fourth-order valence-electron chi connectivity index (χ4n) is 1.04. The molecule has 0 aliphatic carbocycles. The molecule has 0 saturated carbocycles. The Labute approximate surface area is 78.0 Å². The molecule has 1 rings (SSSR count). The third kappa shape index (κ3) is 2.23. The number of halogens is 1. The van der Waals surface area contributed by atoms with E-state index < -0.39 is 6.10 Å². The van der Waals surface area contributed by atoms with Crippen molar-refractivity contribution in [1.82, 2.24) is 0 Å². The van der Waals surface area contributed by atoms with Crippen molar-refractivity contribution >= 4 is 11.6 Å². The van der Waals surface area contributed by atoms with Gasteiger partial charge < -0.3 is 0 Å². The van der Waals surface area contributed by atoms with Crippen molar-refractivity contribution in [2.75, 3.05) is 0 Å². The van der Waals surface area contributed by atoms with Crippen molar-refractivity contribution in [3.8, 4) is 0 Å². The predicted molar refractivity (Wildman–Crippen MR) is 49.7 cm³/mol. The van der Waals surface area contributed by atoms with Crippen LogP contribution in [0.4, 0.5) is 0 Å². The molecule has 2 heteroatoms. The molecule has 1 radical (unpaired) electrons. The standard InChI is InChI=1S/C10H12ClO/c1-7(2)10(12)8-3-5-9(11)6-4-8/h3-7,10H,1-2H3. The van der Waals surface area contributed by atoms with Gasteiger partial charge in [-0.1, -0.05) is 37.6 Å². The highest BCUT2D eigenvalue weighted by atomic mass is 35.5. The smallest absolute Gasteiger partial charge is 0.120 e. The summed E-state index contributed by atoms with van der Waals surface area (Å²) in [6.07, 6.45) is -0.637. The molecule has 0 fully saturated rings. The summed E-state index contributed by atoms with van der Waals surface area (Å²) in [5, 5.41) is 12.2. The van der Waals surface area contributed by atoms with E-state index in [1.165, 1.54) is 0 Å². The molecule has 1 aromatic rings. The van der Waals surface area contributed by atoms with Gasteiger partial charge in [-0.3, -0.25) is 0 Å². The number of benzene rings is 1. The first-order valence-corrected chi connectivity index (χ1v) is 4.40. The second-order valence-electron chi connectivity index (χ2n) is 3.22. The van der Waals surface area contributed by atoms with Crippen LogP contribution in [0.1, 0.15) is 25.5 Å². The van der Waals surface area contributed by atoms with Gasteiger partial charge in [0.1, 0.15) is 6.10 Å². The highest BCUT2D eigenvalue weighted by Gasteiger charge is 2.12. The van der Waals surface area contributed by atoms with E-state index in [1.54, 1.807) is 24.3 Å². The Kier molecular flexibility index (Phi) is 3.12. The minimum atomic E-state index is -0.637. The lowest BCUT2D eigenvalue weighted by Gasteiger charge is -2.11. The molecular formula is C10H12ClO. The van der Waals surface area contributed by atoms with Crippen LogP contribution in [-0.2, 0) is 5.11 Å². The summed E-state index contributed by atoms with van der Waals surface area (Å²) in [5.41, 5.74) is 0.814. The van der Waals surface area contributed by atoms with Gasteiger partial charge in [-0.15, -0.1) is 0 Å². The second-order valence-corrected chi connectivity index (χ2v) is 3.65. The minimum absolute atomic E-state index is 0.131. The highest BCUT2D eigenvalue weighted by Crippen LogP contribution is 2.23. The molecule has 0 spiro atoms. The molecule has 0 aliphatic heterocycles.